The molecule has 14 heteroatoms. The Morgan fingerprint density at radius 2 is 1.60 bits per heavy atom. The first-order valence-electron chi connectivity index (χ1n) is 16.5. The number of ketones is 1. The van der Waals surface area contributed by atoms with Crippen LogP contribution in [0.3, 0.4) is 0 Å². The molecule has 1 heterocycles. The van der Waals surface area contributed by atoms with Gasteiger partial charge in [-0.1, -0.05) is 67.9 Å². The van der Waals surface area contributed by atoms with Gasteiger partial charge in [-0.15, -0.1) is 6.58 Å². The first-order chi connectivity index (χ1) is 21.4. The summed E-state index contributed by atoms with van der Waals surface area (Å²) in [7, 11) is -3.74. The molecule has 1 aliphatic carbocycles. The van der Waals surface area contributed by atoms with Crippen LogP contribution in [0.15, 0.2) is 12.7 Å². The van der Waals surface area contributed by atoms with E-state index < -0.39 is 74.7 Å². The molecule has 2 aliphatic rings. The maximum absolute atomic E-state index is 14.3. The van der Waals surface area contributed by atoms with Crippen molar-refractivity contribution in [2.75, 3.05) is 18.8 Å². The predicted molar refractivity (Wildman–Crippen MR) is 182 cm³/mol. The topological polar surface area (TPSA) is 183 Å². The van der Waals surface area contributed by atoms with Crippen LogP contribution in [0.2, 0.25) is 0 Å². The van der Waals surface area contributed by atoms with Crippen molar-refractivity contribution in [2.24, 2.45) is 28.6 Å². The monoisotopic (exact) mass is 682 g/mol. The minimum atomic E-state index is -3.74. The smallest absolute Gasteiger partial charge is 0.315 e. The molecule has 0 aromatic heterocycles. The van der Waals surface area contributed by atoms with Gasteiger partial charge in [0.15, 0.2) is 0 Å². The van der Waals surface area contributed by atoms with Crippen LogP contribution in [-0.2, 0) is 29.2 Å². The second-order valence-electron chi connectivity index (χ2n) is 16.0. The molecule has 1 saturated heterocycles. The van der Waals surface area contributed by atoms with Crippen molar-refractivity contribution in [1.29, 1.82) is 0 Å². The fraction of sp³-hybridized carbons (Fsp3) is 0.788. The maximum Gasteiger partial charge on any atom is 0.315 e. The molecule has 0 aromatic carbocycles. The van der Waals surface area contributed by atoms with Crippen molar-refractivity contribution in [1.82, 2.24) is 30.9 Å². The number of sulfonamides is 1. The van der Waals surface area contributed by atoms with Gasteiger partial charge in [0.1, 0.15) is 12.1 Å². The van der Waals surface area contributed by atoms with Gasteiger partial charge in [-0.3, -0.25) is 19.2 Å². The van der Waals surface area contributed by atoms with Gasteiger partial charge in [-0.05, 0) is 55.8 Å². The number of likely N-dealkylation sites (tertiary alicyclic amines) is 1. The number of piperidine rings is 1. The lowest BCUT2D eigenvalue weighted by atomic mass is 9.85. The van der Waals surface area contributed by atoms with Gasteiger partial charge in [0.2, 0.25) is 27.6 Å². The van der Waals surface area contributed by atoms with Gasteiger partial charge in [0.25, 0.3) is 5.91 Å². The summed E-state index contributed by atoms with van der Waals surface area (Å²) in [4.78, 5) is 68.3. The van der Waals surface area contributed by atoms with Crippen molar-refractivity contribution in [3.05, 3.63) is 12.7 Å². The van der Waals surface area contributed by atoms with Crippen molar-refractivity contribution < 1.29 is 32.4 Å². The molecule has 5 amide bonds. The normalized spacial score (nSPS) is 22.4. The molecular weight excluding hydrogens is 624 g/mol. The van der Waals surface area contributed by atoms with E-state index in [-0.39, 0.29) is 41.9 Å². The molecule has 268 valence electrons. The third kappa shape index (κ3) is 10.5. The molecule has 2 rings (SSSR count). The van der Waals surface area contributed by atoms with Crippen molar-refractivity contribution in [3.63, 3.8) is 0 Å². The molecule has 0 spiro atoms. The number of urea groups is 1. The van der Waals surface area contributed by atoms with E-state index in [9.17, 15) is 32.4 Å². The average molecular weight is 683 g/mol. The number of amides is 5. The van der Waals surface area contributed by atoms with E-state index in [2.05, 4.69) is 32.6 Å². The Morgan fingerprint density at radius 3 is 2.09 bits per heavy atom. The Labute approximate surface area is 281 Å². The summed E-state index contributed by atoms with van der Waals surface area (Å²) in [5.41, 5.74) is -1.69. The molecule has 5 N–H and O–H groups in total. The molecule has 1 aliphatic heterocycles. The summed E-state index contributed by atoms with van der Waals surface area (Å²) in [6.07, 6.45) is 2.23. The molecule has 0 radical (unpaired) electrons. The van der Waals surface area contributed by atoms with Crippen molar-refractivity contribution >= 4 is 39.6 Å². The Balaban J connectivity index is 2.30. The number of carbonyl (C=O) groups is 5. The molecule has 1 unspecified atom stereocenters. The van der Waals surface area contributed by atoms with E-state index >= 15 is 0 Å². The highest BCUT2D eigenvalue weighted by Gasteiger charge is 2.70. The van der Waals surface area contributed by atoms with Gasteiger partial charge in [-0.25, -0.2) is 17.9 Å². The summed E-state index contributed by atoms with van der Waals surface area (Å²) >= 11 is 0. The summed E-state index contributed by atoms with van der Waals surface area (Å²) in [5.74, 6) is -3.28. The lowest BCUT2D eigenvalue weighted by Crippen LogP contribution is -2.62. The second-order valence-corrected chi connectivity index (χ2v) is 17.8. The van der Waals surface area contributed by atoms with Gasteiger partial charge in [0, 0.05) is 24.7 Å². The lowest BCUT2D eigenvalue weighted by Gasteiger charge is -2.38. The lowest BCUT2D eigenvalue weighted by molar-refractivity contribution is -0.145. The van der Waals surface area contributed by atoms with E-state index in [1.165, 1.54) is 11.0 Å². The third-order valence-electron chi connectivity index (χ3n) is 8.97. The van der Waals surface area contributed by atoms with Gasteiger partial charge >= 0.3 is 6.03 Å². The number of hydrogen-bond donors (Lipinski definition) is 5. The van der Waals surface area contributed by atoms with Gasteiger partial charge in [-0.2, -0.15) is 0 Å². The Kier molecular flexibility index (Phi) is 12.9. The molecule has 0 aromatic rings. The Morgan fingerprint density at radius 1 is 1.00 bits per heavy atom. The van der Waals surface area contributed by atoms with Crippen LogP contribution in [0.4, 0.5) is 4.79 Å². The van der Waals surface area contributed by atoms with Crippen LogP contribution in [-0.4, -0.2) is 91.4 Å². The molecule has 13 nitrogen and oxygen atoms in total. The molecular formula is C33H58N6O7S. The fourth-order valence-corrected chi connectivity index (χ4v) is 8.30. The molecule has 1 saturated carbocycles. The van der Waals surface area contributed by atoms with Crippen LogP contribution < -0.4 is 26.0 Å². The number of hydrogen-bond acceptors (Lipinski definition) is 7. The average Bonchev–Trinajstić information content (AvgIpc) is 3.23. The summed E-state index contributed by atoms with van der Waals surface area (Å²) in [6, 6.07) is -4.48. The molecule has 2 fully saturated rings. The van der Waals surface area contributed by atoms with E-state index in [1.54, 1.807) is 55.4 Å². The largest absolute Gasteiger partial charge is 0.346 e. The van der Waals surface area contributed by atoms with Gasteiger partial charge < -0.3 is 26.2 Å². The van der Waals surface area contributed by atoms with Crippen LogP contribution >= 0.6 is 0 Å². The van der Waals surface area contributed by atoms with E-state index in [0.29, 0.717) is 13.0 Å². The molecule has 6 atom stereocenters. The minimum Gasteiger partial charge on any atom is -0.346 e. The summed E-state index contributed by atoms with van der Waals surface area (Å²) in [5, 5.41) is 10.7. The summed E-state index contributed by atoms with van der Waals surface area (Å²) < 4.78 is 28.2. The minimum absolute atomic E-state index is 0.0405. The number of nitrogens with one attached hydrogen (secondary N) is 5. The maximum atomic E-state index is 14.3. The Bertz CT molecular complexity index is 1320. The fourth-order valence-electron chi connectivity index (χ4n) is 6.34. The highest BCUT2D eigenvalue weighted by Crippen LogP contribution is 2.65. The summed E-state index contributed by atoms with van der Waals surface area (Å²) in [6.45, 7) is 24.0. The van der Waals surface area contributed by atoms with Crippen LogP contribution in [0.1, 0.15) is 89.0 Å². The molecule has 47 heavy (non-hydrogen) atoms. The second kappa shape index (κ2) is 15.0. The SMILES string of the molecule is C=CCNC(=O)C(=O)C(CCC)NC(=O)[C@@H]1[C@@H]2[C@H](CN1C(=O)[C@@H](NC(=O)N[C@H](CS(=O)(=O)NC(C)(C)C)C(C)C)C(C)(C)C)C2(C)C. The number of rotatable bonds is 15. The highest BCUT2D eigenvalue weighted by atomic mass is 32.2. The number of nitrogens with zero attached hydrogens (tertiary/aromatic N) is 1. The predicted octanol–water partition coefficient (Wildman–Crippen LogP) is 2.08. The van der Waals surface area contributed by atoms with Crippen LogP contribution in [0, 0.1) is 28.6 Å². The quantitative estimate of drug-likeness (QED) is 0.129. The Hall–Kier alpha value is -3.00. The third-order valence-corrected chi connectivity index (χ3v) is 10.7. The van der Waals surface area contributed by atoms with Gasteiger partial charge in [0.05, 0.1) is 11.8 Å². The zero-order valence-corrected chi connectivity index (χ0v) is 30.9. The standard InChI is InChI=1S/C33H58N6O7S/c1-13-15-21(25(40)28(42)34-16-14-2)35-27(41)24-23-20(33(23,11)12)17-39(24)29(43)26(31(5,6)7)37-30(44)36-22(19(3)4)18-47(45,46)38-32(8,9)10/h14,19-24,26,38H,2,13,15-18H2,1,3-12H3,(H,34,42)(H,35,41)(H2,36,37,44)/t20-,21?,22+,23-,24-,26+/m0/s1. The van der Waals surface area contributed by atoms with E-state index in [4.69, 9.17) is 0 Å². The van der Waals surface area contributed by atoms with Crippen LogP contribution in [0.5, 0.6) is 0 Å². The zero-order chi connectivity index (χ0) is 36.3. The first-order valence-corrected chi connectivity index (χ1v) is 18.2. The van der Waals surface area contributed by atoms with E-state index in [0.717, 1.165) is 0 Å². The van der Waals surface area contributed by atoms with Crippen LogP contribution in [0.25, 0.3) is 0 Å². The van der Waals surface area contributed by atoms with Crippen molar-refractivity contribution in [2.45, 2.75) is 119 Å². The number of Topliss-reactive ketones (excluding diaryl/α,β-unsaturated/α-hetero) is 1. The van der Waals surface area contributed by atoms with Crippen molar-refractivity contribution in [3.8, 4) is 0 Å². The number of fused-ring (bicyclic) bond motifs is 1. The molecule has 0 bridgehead atoms. The first kappa shape index (κ1) is 40.2. The number of carbonyl (C=O) groups excluding carboxylic acids is 5. The highest BCUT2D eigenvalue weighted by molar-refractivity contribution is 7.89. The van der Waals surface area contributed by atoms with E-state index in [1.807, 2.05) is 20.8 Å². The zero-order valence-electron chi connectivity index (χ0n) is 30.1.